The molecule has 0 bridgehead atoms. The molecule has 1 aromatic carbocycles. The lowest BCUT2D eigenvalue weighted by molar-refractivity contribution is 0.134. The molecule has 3 aromatic heterocycles. The van der Waals surface area contributed by atoms with Gasteiger partial charge in [-0.3, -0.25) is 4.98 Å². The zero-order valence-electron chi connectivity index (χ0n) is 17.6. The van der Waals surface area contributed by atoms with Crippen molar-refractivity contribution in [2.75, 3.05) is 6.61 Å². The first kappa shape index (κ1) is 22.1. The molecular weight excluding hydrogens is 434 g/mol. The van der Waals surface area contributed by atoms with Crippen molar-refractivity contribution in [3.05, 3.63) is 65.2 Å². The minimum Gasteiger partial charge on any atom is -0.395 e. The average Bonchev–Trinajstić information content (AvgIpc) is 3.49. The highest BCUT2D eigenvalue weighted by Gasteiger charge is 2.25. The fourth-order valence-electron chi connectivity index (χ4n) is 3.53. The Morgan fingerprint density at radius 1 is 1.25 bits per heavy atom. The highest BCUT2D eigenvalue weighted by Crippen LogP contribution is 2.32. The van der Waals surface area contributed by atoms with Crippen LogP contribution in [0.5, 0.6) is 0 Å². The zero-order chi connectivity index (χ0) is 21.5. The number of aromatic nitrogens is 5. The van der Waals surface area contributed by atoms with Crippen molar-refractivity contribution in [1.82, 2.24) is 24.8 Å². The summed E-state index contributed by atoms with van der Waals surface area (Å²) in [5.74, 6) is -1.15. The van der Waals surface area contributed by atoms with E-state index in [0.29, 0.717) is 35.4 Å². The third kappa shape index (κ3) is 4.02. The summed E-state index contributed by atoms with van der Waals surface area (Å²) in [6.45, 7) is 4.07. The molecule has 5 rings (SSSR count). The van der Waals surface area contributed by atoms with Crippen molar-refractivity contribution in [3.8, 4) is 0 Å². The van der Waals surface area contributed by atoms with E-state index >= 15 is 4.39 Å². The Morgan fingerprint density at radius 3 is 2.84 bits per heavy atom. The van der Waals surface area contributed by atoms with Gasteiger partial charge >= 0.3 is 0 Å². The Kier molecular flexibility index (Phi) is 6.05. The van der Waals surface area contributed by atoms with E-state index in [4.69, 9.17) is 4.84 Å². The molecule has 0 unspecified atom stereocenters. The van der Waals surface area contributed by atoms with Crippen molar-refractivity contribution in [2.45, 2.75) is 32.6 Å². The topological polar surface area (TPSA) is 77.6 Å². The molecule has 4 aromatic rings. The smallest absolute Gasteiger partial charge is 0.177 e. The molecule has 1 aliphatic rings. The van der Waals surface area contributed by atoms with E-state index in [0.717, 1.165) is 0 Å². The molecule has 0 aliphatic heterocycles. The molecule has 0 saturated heterocycles. The molecule has 0 radical (unpaired) electrons. The summed E-state index contributed by atoms with van der Waals surface area (Å²) in [5, 5.41) is 17.2. The standard InChI is InChI=1S/C22H20F2N6O.H2S/c1-12(20-16(23)10-18-15(21(20)24)4-3-9-25-18)22-27-26-19-8-7-17(28-30(19)22)13(2)29-31-11-14-5-6-14;/h3-4,7-10,12,14H,5-6,11H2,1-2H3;1H2/b29-13+;/t12-;/m0./s1. The van der Waals surface area contributed by atoms with Gasteiger partial charge in [-0.05, 0) is 49.9 Å². The maximum absolute atomic E-state index is 15.2. The lowest BCUT2D eigenvalue weighted by atomic mass is 9.97. The fourth-order valence-corrected chi connectivity index (χ4v) is 3.53. The van der Waals surface area contributed by atoms with Crippen molar-refractivity contribution >= 4 is 35.8 Å². The minimum absolute atomic E-state index is 0. The van der Waals surface area contributed by atoms with Crippen molar-refractivity contribution in [2.24, 2.45) is 11.1 Å². The molecule has 7 nitrogen and oxygen atoms in total. The van der Waals surface area contributed by atoms with Gasteiger partial charge in [0, 0.05) is 29.1 Å². The van der Waals surface area contributed by atoms with E-state index in [1.165, 1.54) is 29.6 Å². The zero-order valence-corrected chi connectivity index (χ0v) is 18.6. The molecule has 0 N–H and O–H groups in total. The maximum atomic E-state index is 15.2. The van der Waals surface area contributed by atoms with E-state index in [1.54, 1.807) is 38.1 Å². The monoisotopic (exact) mass is 456 g/mol. The van der Waals surface area contributed by atoms with Crippen LogP contribution in [0.1, 0.15) is 49.7 Å². The Labute approximate surface area is 190 Å². The summed E-state index contributed by atoms with van der Waals surface area (Å²) in [5.41, 5.74) is 1.81. The van der Waals surface area contributed by atoms with Crippen LogP contribution in [0, 0.1) is 17.6 Å². The summed E-state index contributed by atoms with van der Waals surface area (Å²) < 4.78 is 31.5. The molecule has 10 heteroatoms. The Morgan fingerprint density at radius 2 is 2.06 bits per heavy atom. The predicted molar refractivity (Wildman–Crippen MR) is 121 cm³/mol. The molecule has 1 saturated carbocycles. The van der Waals surface area contributed by atoms with Crippen LogP contribution < -0.4 is 0 Å². The fraction of sp³-hybridized carbons (Fsp3) is 0.318. The number of fused-ring (bicyclic) bond motifs is 2. The first-order valence-electron chi connectivity index (χ1n) is 10.1. The molecule has 32 heavy (non-hydrogen) atoms. The number of hydrogen-bond acceptors (Lipinski definition) is 6. The Bertz CT molecular complexity index is 1320. The highest BCUT2D eigenvalue weighted by atomic mass is 32.1. The first-order chi connectivity index (χ1) is 15.0. The summed E-state index contributed by atoms with van der Waals surface area (Å²) in [7, 11) is 0. The number of halogens is 2. The molecule has 3 heterocycles. The molecule has 0 spiro atoms. The first-order valence-corrected chi connectivity index (χ1v) is 10.1. The lowest BCUT2D eigenvalue weighted by Crippen LogP contribution is -2.11. The predicted octanol–water partition coefficient (Wildman–Crippen LogP) is 4.37. The third-order valence-electron chi connectivity index (χ3n) is 5.52. The van der Waals surface area contributed by atoms with E-state index in [2.05, 4.69) is 25.4 Å². The number of pyridine rings is 1. The van der Waals surface area contributed by atoms with Gasteiger partial charge in [0.2, 0.25) is 0 Å². The molecule has 1 fully saturated rings. The lowest BCUT2D eigenvalue weighted by Gasteiger charge is -2.14. The van der Waals surface area contributed by atoms with Gasteiger partial charge in [0.05, 0.1) is 5.52 Å². The molecule has 1 aliphatic carbocycles. The average molecular weight is 457 g/mol. The SMILES string of the molecule is C/C(=N\OCC1CC1)c1ccc2nnc([C@@H](C)c3c(F)cc4ncccc4c3F)n2n1.S. The van der Waals surface area contributed by atoms with Crippen LogP contribution in [-0.2, 0) is 4.84 Å². The summed E-state index contributed by atoms with van der Waals surface area (Å²) in [6, 6.07) is 7.93. The molecule has 0 amide bonds. The van der Waals surface area contributed by atoms with Gasteiger partial charge in [-0.2, -0.15) is 23.1 Å². The van der Waals surface area contributed by atoms with Crippen molar-refractivity contribution in [1.29, 1.82) is 0 Å². The van der Waals surface area contributed by atoms with Gasteiger partial charge in [0.25, 0.3) is 0 Å². The van der Waals surface area contributed by atoms with Crippen LogP contribution in [0.2, 0.25) is 0 Å². The van der Waals surface area contributed by atoms with E-state index in [1.807, 2.05) is 0 Å². The Balaban J connectivity index is 0.00000245. The number of benzene rings is 1. The van der Waals surface area contributed by atoms with Gasteiger partial charge in [-0.1, -0.05) is 12.1 Å². The minimum atomic E-state index is -0.731. The third-order valence-corrected chi connectivity index (χ3v) is 5.52. The number of hydrogen-bond donors (Lipinski definition) is 0. The van der Waals surface area contributed by atoms with Crippen LogP contribution in [-0.4, -0.2) is 37.1 Å². The molecular formula is C22H22F2N6OS. The highest BCUT2D eigenvalue weighted by molar-refractivity contribution is 7.59. The van der Waals surface area contributed by atoms with E-state index in [9.17, 15) is 4.39 Å². The quantitative estimate of drug-likeness (QED) is 0.318. The van der Waals surface area contributed by atoms with Crippen LogP contribution >= 0.6 is 13.5 Å². The normalized spacial score (nSPS) is 15.1. The van der Waals surface area contributed by atoms with Gasteiger partial charge < -0.3 is 4.84 Å². The second-order valence-corrected chi connectivity index (χ2v) is 7.84. The summed E-state index contributed by atoms with van der Waals surface area (Å²) >= 11 is 0. The number of oxime groups is 1. The number of nitrogens with zero attached hydrogens (tertiary/aromatic N) is 6. The van der Waals surface area contributed by atoms with Crippen LogP contribution in [0.4, 0.5) is 8.78 Å². The summed E-state index contributed by atoms with van der Waals surface area (Å²) in [4.78, 5) is 9.42. The van der Waals surface area contributed by atoms with Gasteiger partial charge in [0.1, 0.15) is 29.6 Å². The number of rotatable bonds is 6. The molecule has 1 atom stereocenters. The van der Waals surface area contributed by atoms with Crippen LogP contribution in [0.25, 0.3) is 16.6 Å². The van der Waals surface area contributed by atoms with Crippen LogP contribution in [0.15, 0.2) is 41.7 Å². The second-order valence-electron chi connectivity index (χ2n) is 7.84. The van der Waals surface area contributed by atoms with Crippen molar-refractivity contribution in [3.63, 3.8) is 0 Å². The van der Waals surface area contributed by atoms with E-state index in [-0.39, 0.29) is 30.0 Å². The van der Waals surface area contributed by atoms with Crippen molar-refractivity contribution < 1.29 is 13.6 Å². The van der Waals surface area contributed by atoms with E-state index < -0.39 is 17.6 Å². The van der Waals surface area contributed by atoms with Gasteiger partial charge in [-0.25, -0.2) is 8.78 Å². The van der Waals surface area contributed by atoms with Gasteiger partial charge in [0.15, 0.2) is 11.5 Å². The maximum Gasteiger partial charge on any atom is 0.177 e. The van der Waals surface area contributed by atoms with Crippen LogP contribution in [0.3, 0.4) is 0 Å². The second kappa shape index (κ2) is 8.78. The largest absolute Gasteiger partial charge is 0.395 e. The summed E-state index contributed by atoms with van der Waals surface area (Å²) in [6.07, 6.45) is 3.86. The molecule has 166 valence electrons. The van der Waals surface area contributed by atoms with Gasteiger partial charge in [-0.15, -0.1) is 10.2 Å². The Hall–Kier alpha value is -3.14.